The highest BCUT2D eigenvalue weighted by atomic mass is 79.9. The lowest BCUT2D eigenvalue weighted by atomic mass is 9.99. The summed E-state index contributed by atoms with van der Waals surface area (Å²) in [6.45, 7) is 3.67. The number of aromatic nitrogens is 1. The number of nitrogens with zero attached hydrogens (tertiary/aromatic N) is 2. The number of rotatable bonds is 1. The van der Waals surface area contributed by atoms with E-state index in [9.17, 15) is 9.59 Å². The van der Waals surface area contributed by atoms with E-state index in [0.717, 1.165) is 16.0 Å². The van der Waals surface area contributed by atoms with Crippen molar-refractivity contribution in [1.82, 2.24) is 4.98 Å². The number of carbonyl (C=O) groups excluding carboxylic acids is 2. The van der Waals surface area contributed by atoms with Gasteiger partial charge in [-0.05, 0) is 53.0 Å². The van der Waals surface area contributed by atoms with Crippen LogP contribution in [0.25, 0.3) is 0 Å². The average Bonchev–Trinajstić information content (AvgIpc) is 2.68. The first kappa shape index (κ1) is 13.0. The van der Waals surface area contributed by atoms with Crippen LogP contribution in [0.3, 0.4) is 0 Å². The number of hydrogen-bond donors (Lipinski definition) is 0. The van der Waals surface area contributed by atoms with Crippen LogP contribution in [0.1, 0.15) is 31.8 Å². The molecule has 4 nitrogen and oxygen atoms in total. The lowest BCUT2D eigenvalue weighted by Gasteiger charge is -2.14. The summed E-state index contributed by atoms with van der Waals surface area (Å²) in [5.74, 6) is -0.297. The zero-order valence-corrected chi connectivity index (χ0v) is 12.6. The average molecular weight is 331 g/mol. The third-order valence-electron chi connectivity index (χ3n) is 3.41. The van der Waals surface area contributed by atoms with Crippen molar-refractivity contribution in [2.75, 3.05) is 4.90 Å². The zero-order chi connectivity index (χ0) is 14.4. The molecule has 2 amide bonds. The number of imide groups is 1. The van der Waals surface area contributed by atoms with E-state index in [1.165, 1.54) is 0 Å². The van der Waals surface area contributed by atoms with Gasteiger partial charge in [0.05, 0.1) is 15.6 Å². The van der Waals surface area contributed by atoms with Crippen LogP contribution in [0.5, 0.6) is 0 Å². The molecule has 0 radical (unpaired) electrons. The molecule has 1 aliphatic heterocycles. The molecule has 0 atom stereocenters. The van der Waals surface area contributed by atoms with Gasteiger partial charge in [0.1, 0.15) is 0 Å². The van der Waals surface area contributed by atoms with E-state index in [-0.39, 0.29) is 11.8 Å². The summed E-state index contributed by atoms with van der Waals surface area (Å²) in [5.41, 5.74) is 2.57. The van der Waals surface area contributed by atoms with Crippen molar-refractivity contribution in [1.29, 1.82) is 0 Å². The molecule has 100 valence electrons. The highest BCUT2D eigenvalue weighted by Crippen LogP contribution is 2.34. The van der Waals surface area contributed by atoms with Gasteiger partial charge in [0, 0.05) is 6.20 Å². The summed E-state index contributed by atoms with van der Waals surface area (Å²) in [5, 5.41) is 0. The van der Waals surface area contributed by atoms with Gasteiger partial charge < -0.3 is 0 Å². The number of amides is 2. The number of carbonyl (C=O) groups is 2. The van der Waals surface area contributed by atoms with E-state index >= 15 is 0 Å². The molecule has 2 aromatic rings. The molecule has 0 spiro atoms. The van der Waals surface area contributed by atoms with Crippen molar-refractivity contribution in [3.8, 4) is 0 Å². The van der Waals surface area contributed by atoms with Gasteiger partial charge in [0.2, 0.25) is 0 Å². The van der Waals surface area contributed by atoms with E-state index in [0.29, 0.717) is 21.4 Å². The van der Waals surface area contributed by atoms with Crippen LogP contribution < -0.4 is 4.90 Å². The van der Waals surface area contributed by atoms with E-state index < -0.39 is 0 Å². The monoisotopic (exact) mass is 330 g/mol. The molecule has 1 aromatic heterocycles. The molecule has 0 N–H and O–H groups in total. The number of fused-ring (bicyclic) bond motifs is 1. The van der Waals surface area contributed by atoms with Crippen molar-refractivity contribution < 1.29 is 9.59 Å². The molecule has 0 bridgehead atoms. The molecule has 0 unspecified atom stereocenters. The topological polar surface area (TPSA) is 50.3 Å². The van der Waals surface area contributed by atoms with Crippen LogP contribution in [0.2, 0.25) is 0 Å². The number of hydrogen-bond acceptors (Lipinski definition) is 3. The second-order valence-corrected chi connectivity index (χ2v) is 5.56. The van der Waals surface area contributed by atoms with Crippen molar-refractivity contribution in [2.24, 2.45) is 0 Å². The van der Waals surface area contributed by atoms with Crippen LogP contribution in [-0.2, 0) is 0 Å². The Labute approximate surface area is 124 Å². The Hall–Kier alpha value is -2.01. The van der Waals surface area contributed by atoms with E-state index in [4.69, 9.17) is 0 Å². The second kappa shape index (κ2) is 4.52. The number of benzene rings is 1. The summed E-state index contributed by atoms with van der Waals surface area (Å²) >= 11 is 3.33. The summed E-state index contributed by atoms with van der Waals surface area (Å²) in [7, 11) is 0. The summed E-state index contributed by atoms with van der Waals surface area (Å²) < 4.78 is 0.616. The van der Waals surface area contributed by atoms with E-state index in [1.807, 2.05) is 26.0 Å². The largest absolute Gasteiger partial charge is 0.268 e. The normalized spacial score (nSPS) is 13.8. The smallest absolute Gasteiger partial charge is 0.267 e. The predicted molar refractivity (Wildman–Crippen MR) is 79.0 cm³/mol. The van der Waals surface area contributed by atoms with Crippen LogP contribution in [0.15, 0.2) is 34.9 Å². The standard InChI is InChI=1S/C15H11BrN2O2/c1-8-5-6-9(2)12-11(8)14(19)18(15(12)20)13-10(16)4-3-7-17-13/h3-7H,1-2H3. The van der Waals surface area contributed by atoms with Crippen LogP contribution in [0.4, 0.5) is 5.82 Å². The van der Waals surface area contributed by atoms with Crippen LogP contribution >= 0.6 is 15.9 Å². The Morgan fingerprint density at radius 2 is 1.55 bits per heavy atom. The Kier molecular flexibility index (Phi) is 2.94. The minimum Gasteiger partial charge on any atom is -0.268 e. The molecular formula is C15H11BrN2O2. The highest BCUT2D eigenvalue weighted by Gasteiger charge is 2.40. The van der Waals surface area contributed by atoms with Gasteiger partial charge in [-0.25, -0.2) is 9.88 Å². The fourth-order valence-corrected chi connectivity index (χ4v) is 2.84. The van der Waals surface area contributed by atoms with Crippen molar-refractivity contribution in [3.63, 3.8) is 0 Å². The van der Waals surface area contributed by atoms with Crippen molar-refractivity contribution >= 4 is 33.6 Å². The summed E-state index contributed by atoms with van der Waals surface area (Å²) in [6.07, 6.45) is 1.56. The Morgan fingerprint density at radius 3 is 2.05 bits per heavy atom. The number of aryl methyl sites for hydroxylation is 2. The fraction of sp³-hybridized carbons (Fsp3) is 0.133. The van der Waals surface area contributed by atoms with Crippen LogP contribution in [-0.4, -0.2) is 16.8 Å². The van der Waals surface area contributed by atoms with Gasteiger partial charge in [-0.15, -0.1) is 0 Å². The predicted octanol–water partition coefficient (Wildman–Crippen LogP) is 3.26. The maximum Gasteiger partial charge on any atom is 0.267 e. The highest BCUT2D eigenvalue weighted by molar-refractivity contribution is 9.10. The zero-order valence-electron chi connectivity index (χ0n) is 11.0. The molecule has 5 heteroatoms. The summed E-state index contributed by atoms with van der Waals surface area (Å²) in [6, 6.07) is 7.21. The Balaban J connectivity index is 2.23. The minimum absolute atomic E-state index is 0.314. The van der Waals surface area contributed by atoms with Gasteiger partial charge in [0.25, 0.3) is 11.8 Å². The van der Waals surface area contributed by atoms with Crippen molar-refractivity contribution in [3.05, 3.63) is 57.2 Å². The summed E-state index contributed by atoms with van der Waals surface area (Å²) in [4.78, 5) is 30.4. The lowest BCUT2D eigenvalue weighted by molar-refractivity contribution is 0.0924. The molecule has 0 aliphatic carbocycles. The van der Waals surface area contributed by atoms with Crippen molar-refractivity contribution in [2.45, 2.75) is 13.8 Å². The molecule has 1 aliphatic rings. The molecule has 0 fully saturated rings. The second-order valence-electron chi connectivity index (χ2n) is 4.70. The first-order valence-corrected chi connectivity index (χ1v) is 6.91. The molecule has 2 heterocycles. The molecule has 0 saturated carbocycles. The SMILES string of the molecule is Cc1ccc(C)c2c1C(=O)N(c1ncccc1Br)C2=O. The first-order chi connectivity index (χ1) is 9.52. The number of anilines is 1. The fourth-order valence-electron chi connectivity index (χ4n) is 2.41. The van der Waals surface area contributed by atoms with Gasteiger partial charge in [-0.1, -0.05) is 12.1 Å². The Morgan fingerprint density at radius 1 is 1.00 bits per heavy atom. The molecule has 3 rings (SSSR count). The van der Waals surface area contributed by atoms with E-state index in [1.54, 1.807) is 18.3 Å². The maximum atomic E-state index is 12.6. The maximum absolute atomic E-state index is 12.6. The van der Waals surface area contributed by atoms with Gasteiger partial charge in [-0.2, -0.15) is 0 Å². The number of pyridine rings is 1. The minimum atomic E-state index is -0.314. The van der Waals surface area contributed by atoms with Gasteiger partial charge in [0.15, 0.2) is 5.82 Å². The molecule has 20 heavy (non-hydrogen) atoms. The quantitative estimate of drug-likeness (QED) is 0.754. The molecule has 1 aromatic carbocycles. The first-order valence-electron chi connectivity index (χ1n) is 6.12. The molecular weight excluding hydrogens is 320 g/mol. The third-order valence-corrected chi connectivity index (χ3v) is 4.03. The van der Waals surface area contributed by atoms with Crippen LogP contribution in [0, 0.1) is 13.8 Å². The molecule has 0 saturated heterocycles. The van der Waals surface area contributed by atoms with Gasteiger partial charge >= 0.3 is 0 Å². The van der Waals surface area contributed by atoms with E-state index in [2.05, 4.69) is 20.9 Å². The lowest BCUT2D eigenvalue weighted by Crippen LogP contribution is -2.30. The van der Waals surface area contributed by atoms with Gasteiger partial charge in [-0.3, -0.25) is 9.59 Å². The Bertz CT molecular complexity index is 715. The third kappa shape index (κ3) is 1.70. The number of halogens is 1.